The molecule has 0 atom stereocenters. The molecule has 2 aromatic rings. The van der Waals surface area contributed by atoms with E-state index in [1.165, 1.54) is 5.56 Å². The summed E-state index contributed by atoms with van der Waals surface area (Å²) in [5.74, 6) is 1.39. The van der Waals surface area contributed by atoms with Gasteiger partial charge in [0.2, 0.25) is 0 Å². The Kier molecular flexibility index (Phi) is 4.11. The average molecular weight is 297 g/mol. The highest BCUT2D eigenvalue weighted by Gasteiger charge is 2.25. The van der Waals surface area contributed by atoms with Crippen molar-refractivity contribution in [2.24, 2.45) is 0 Å². The van der Waals surface area contributed by atoms with Crippen molar-refractivity contribution < 1.29 is 14.3 Å². The summed E-state index contributed by atoms with van der Waals surface area (Å²) in [6, 6.07) is 13.9. The molecule has 0 fully saturated rings. The van der Waals surface area contributed by atoms with Crippen LogP contribution in [0.1, 0.15) is 21.5 Å². The molecule has 114 valence electrons. The largest absolute Gasteiger partial charge is 0.493 e. The SMILES string of the molecule is COc1cc2c(cc1OC)C(=O)CN(Cc1ccccc1)C2. The van der Waals surface area contributed by atoms with Gasteiger partial charge in [-0.3, -0.25) is 9.69 Å². The Hall–Kier alpha value is -2.33. The first kappa shape index (κ1) is 14.6. The molecular formula is C18H19NO3. The topological polar surface area (TPSA) is 38.8 Å². The van der Waals surface area contributed by atoms with E-state index in [-0.39, 0.29) is 5.78 Å². The van der Waals surface area contributed by atoms with Crippen LogP contribution in [0.4, 0.5) is 0 Å². The fourth-order valence-corrected chi connectivity index (χ4v) is 2.85. The van der Waals surface area contributed by atoms with Crippen LogP contribution in [0.2, 0.25) is 0 Å². The number of carbonyl (C=O) groups excluding carboxylic acids is 1. The van der Waals surface area contributed by atoms with Gasteiger partial charge < -0.3 is 9.47 Å². The van der Waals surface area contributed by atoms with Crippen molar-refractivity contribution in [2.45, 2.75) is 13.1 Å². The van der Waals surface area contributed by atoms with Crippen molar-refractivity contribution in [2.75, 3.05) is 20.8 Å². The van der Waals surface area contributed by atoms with Gasteiger partial charge in [-0.2, -0.15) is 0 Å². The van der Waals surface area contributed by atoms with Gasteiger partial charge in [0.05, 0.1) is 20.8 Å². The second kappa shape index (κ2) is 6.20. The van der Waals surface area contributed by atoms with Gasteiger partial charge >= 0.3 is 0 Å². The predicted octanol–water partition coefficient (Wildman–Crippen LogP) is 2.90. The Balaban J connectivity index is 1.87. The van der Waals surface area contributed by atoms with Crippen LogP contribution in [0, 0.1) is 0 Å². The van der Waals surface area contributed by atoms with Gasteiger partial charge in [0, 0.05) is 18.7 Å². The number of ether oxygens (including phenoxy) is 2. The van der Waals surface area contributed by atoms with Crippen molar-refractivity contribution in [3.63, 3.8) is 0 Å². The molecule has 1 aliphatic rings. The standard InChI is InChI=1S/C18H19NO3/c1-21-17-8-14-11-19(10-13-6-4-3-5-7-13)12-16(20)15(14)9-18(17)22-2/h3-9H,10-12H2,1-2H3. The summed E-state index contributed by atoms with van der Waals surface area (Å²) in [5, 5.41) is 0. The summed E-state index contributed by atoms with van der Waals surface area (Å²) in [6.07, 6.45) is 0. The number of ketones is 1. The second-order valence-electron chi connectivity index (χ2n) is 5.42. The van der Waals surface area contributed by atoms with Crippen LogP contribution < -0.4 is 9.47 Å². The molecule has 1 aliphatic heterocycles. The maximum atomic E-state index is 12.4. The normalized spacial score (nSPS) is 14.5. The van der Waals surface area contributed by atoms with E-state index in [0.29, 0.717) is 18.0 Å². The third-order valence-electron chi connectivity index (χ3n) is 3.92. The molecule has 0 unspecified atom stereocenters. The number of hydrogen-bond donors (Lipinski definition) is 0. The number of carbonyl (C=O) groups is 1. The summed E-state index contributed by atoms with van der Waals surface area (Å²) in [7, 11) is 3.19. The lowest BCUT2D eigenvalue weighted by atomic mass is 9.97. The Labute approximate surface area is 130 Å². The van der Waals surface area contributed by atoms with E-state index in [2.05, 4.69) is 17.0 Å². The van der Waals surface area contributed by atoms with E-state index in [1.807, 2.05) is 24.3 Å². The smallest absolute Gasteiger partial charge is 0.177 e. The van der Waals surface area contributed by atoms with Crippen molar-refractivity contribution in [3.8, 4) is 11.5 Å². The zero-order chi connectivity index (χ0) is 15.5. The molecule has 0 radical (unpaired) electrons. The van der Waals surface area contributed by atoms with Crippen LogP contribution in [0.15, 0.2) is 42.5 Å². The number of rotatable bonds is 4. The summed E-state index contributed by atoms with van der Waals surface area (Å²) in [6.45, 7) is 1.92. The zero-order valence-electron chi connectivity index (χ0n) is 12.8. The molecule has 4 nitrogen and oxygen atoms in total. The van der Waals surface area contributed by atoms with Crippen LogP contribution >= 0.6 is 0 Å². The fraction of sp³-hybridized carbons (Fsp3) is 0.278. The molecule has 4 heteroatoms. The van der Waals surface area contributed by atoms with Gasteiger partial charge in [-0.25, -0.2) is 0 Å². The second-order valence-corrected chi connectivity index (χ2v) is 5.42. The van der Waals surface area contributed by atoms with E-state index in [1.54, 1.807) is 20.3 Å². The van der Waals surface area contributed by atoms with Gasteiger partial charge in [-0.15, -0.1) is 0 Å². The van der Waals surface area contributed by atoms with E-state index in [0.717, 1.165) is 24.2 Å². The molecule has 0 saturated heterocycles. The van der Waals surface area contributed by atoms with E-state index in [4.69, 9.17) is 9.47 Å². The van der Waals surface area contributed by atoms with Gasteiger partial charge in [0.25, 0.3) is 0 Å². The highest BCUT2D eigenvalue weighted by atomic mass is 16.5. The maximum absolute atomic E-state index is 12.4. The minimum Gasteiger partial charge on any atom is -0.493 e. The van der Waals surface area contributed by atoms with Crippen molar-refractivity contribution in [1.82, 2.24) is 4.90 Å². The molecule has 0 saturated carbocycles. The molecular weight excluding hydrogens is 278 g/mol. The number of benzene rings is 2. The summed E-state index contributed by atoms with van der Waals surface area (Å²) >= 11 is 0. The van der Waals surface area contributed by atoms with Crippen LogP contribution in [0.25, 0.3) is 0 Å². The monoisotopic (exact) mass is 297 g/mol. The zero-order valence-corrected chi connectivity index (χ0v) is 12.8. The first-order valence-electron chi connectivity index (χ1n) is 7.25. The van der Waals surface area contributed by atoms with Gasteiger partial charge in [-0.1, -0.05) is 30.3 Å². The lowest BCUT2D eigenvalue weighted by Gasteiger charge is -2.28. The first-order valence-corrected chi connectivity index (χ1v) is 7.25. The van der Waals surface area contributed by atoms with E-state index < -0.39 is 0 Å². The highest BCUT2D eigenvalue weighted by Crippen LogP contribution is 2.33. The number of Topliss-reactive ketones (excluding diaryl/α,β-unsaturated/α-hetero) is 1. The highest BCUT2D eigenvalue weighted by molar-refractivity contribution is 6.00. The quantitative estimate of drug-likeness (QED) is 0.870. The van der Waals surface area contributed by atoms with Crippen LogP contribution in [-0.4, -0.2) is 31.4 Å². The van der Waals surface area contributed by atoms with Crippen LogP contribution in [-0.2, 0) is 13.1 Å². The summed E-state index contributed by atoms with van der Waals surface area (Å²) in [4.78, 5) is 14.6. The first-order chi connectivity index (χ1) is 10.7. The van der Waals surface area contributed by atoms with Crippen molar-refractivity contribution >= 4 is 5.78 Å². The molecule has 1 heterocycles. The lowest BCUT2D eigenvalue weighted by Crippen LogP contribution is -2.34. The molecule has 0 spiro atoms. The number of methoxy groups -OCH3 is 2. The molecule has 0 aromatic heterocycles. The molecule has 22 heavy (non-hydrogen) atoms. The third-order valence-corrected chi connectivity index (χ3v) is 3.92. The summed E-state index contributed by atoms with van der Waals surface area (Å²) < 4.78 is 10.6. The molecule has 0 N–H and O–H groups in total. The number of nitrogens with zero attached hydrogens (tertiary/aromatic N) is 1. The molecule has 0 bridgehead atoms. The molecule has 3 rings (SSSR count). The third kappa shape index (κ3) is 2.83. The van der Waals surface area contributed by atoms with Crippen LogP contribution in [0.5, 0.6) is 11.5 Å². The van der Waals surface area contributed by atoms with Gasteiger partial charge in [0.15, 0.2) is 17.3 Å². The molecule has 0 amide bonds. The average Bonchev–Trinajstić information content (AvgIpc) is 2.54. The molecule has 2 aromatic carbocycles. The Morgan fingerprint density at radius 1 is 1.00 bits per heavy atom. The van der Waals surface area contributed by atoms with Gasteiger partial charge in [0.1, 0.15) is 0 Å². The lowest BCUT2D eigenvalue weighted by molar-refractivity contribution is 0.0894. The van der Waals surface area contributed by atoms with E-state index >= 15 is 0 Å². The minimum absolute atomic E-state index is 0.123. The summed E-state index contributed by atoms with van der Waals surface area (Å²) in [5.41, 5.74) is 2.94. The van der Waals surface area contributed by atoms with E-state index in [9.17, 15) is 4.79 Å². The maximum Gasteiger partial charge on any atom is 0.177 e. The predicted molar refractivity (Wildman–Crippen MR) is 84.4 cm³/mol. The molecule has 0 aliphatic carbocycles. The fourth-order valence-electron chi connectivity index (χ4n) is 2.85. The van der Waals surface area contributed by atoms with Crippen LogP contribution in [0.3, 0.4) is 0 Å². The Morgan fingerprint density at radius 3 is 2.36 bits per heavy atom. The Bertz CT molecular complexity index is 682. The minimum atomic E-state index is 0.123. The van der Waals surface area contributed by atoms with Crippen molar-refractivity contribution in [3.05, 3.63) is 59.2 Å². The number of hydrogen-bond acceptors (Lipinski definition) is 4. The van der Waals surface area contributed by atoms with Crippen molar-refractivity contribution in [1.29, 1.82) is 0 Å². The Morgan fingerprint density at radius 2 is 1.68 bits per heavy atom. The number of fused-ring (bicyclic) bond motifs is 1. The van der Waals surface area contributed by atoms with Gasteiger partial charge in [-0.05, 0) is 23.3 Å².